The van der Waals surface area contributed by atoms with Crippen molar-refractivity contribution in [2.75, 3.05) is 44.6 Å². The van der Waals surface area contributed by atoms with Crippen molar-refractivity contribution in [3.8, 4) is 0 Å². The first kappa shape index (κ1) is 29.1. The molecule has 11 heteroatoms. The molecule has 3 aromatic rings. The summed E-state index contributed by atoms with van der Waals surface area (Å²) in [6.07, 6.45) is 3.58. The number of thiazole rings is 1. The first-order valence-corrected chi connectivity index (χ1v) is 14.8. The Labute approximate surface area is 244 Å². The number of piperazine rings is 1. The minimum absolute atomic E-state index is 0.147. The Bertz CT molecular complexity index is 1300. The highest BCUT2D eigenvalue weighted by molar-refractivity contribution is 7.14. The predicted octanol–water partition coefficient (Wildman–Crippen LogP) is 4.08. The molecule has 10 nitrogen and oxygen atoms in total. The van der Waals surface area contributed by atoms with E-state index in [0.717, 1.165) is 31.6 Å². The highest BCUT2D eigenvalue weighted by Crippen LogP contribution is 2.43. The molecule has 1 N–H and O–H groups in total. The van der Waals surface area contributed by atoms with E-state index in [9.17, 15) is 9.59 Å². The van der Waals surface area contributed by atoms with Crippen LogP contribution in [-0.2, 0) is 37.6 Å². The second kappa shape index (κ2) is 12.6. The van der Waals surface area contributed by atoms with Crippen molar-refractivity contribution < 1.29 is 23.8 Å². The van der Waals surface area contributed by atoms with E-state index < -0.39 is 17.2 Å². The van der Waals surface area contributed by atoms with Crippen molar-refractivity contribution in [1.29, 1.82) is 0 Å². The monoisotopic (exact) mass is 579 g/mol. The van der Waals surface area contributed by atoms with Gasteiger partial charge in [0.25, 0.3) is 0 Å². The van der Waals surface area contributed by atoms with Crippen molar-refractivity contribution in [2.24, 2.45) is 0 Å². The van der Waals surface area contributed by atoms with Crippen LogP contribution in [0.1, 0.15) is 37.6 Å². The van der Waals surface area contributed by atoms with E-state index in [1.54, 1.807) is 0 Å². The predicted molar refractivity (Wildman–Crippen MR) is 156 cm³/mol. The minimum atomic E-state index is -1.21. The number of nitrogens with one attached hydrogen (secondary N) is 1. The van der Waals surface area contributed by atoms with Crippen molar-refractivity contribution in [2.45, 2.75) is 51.0 Å². The summed E-state index contributed by atoms with van der Waals surface area (Å²) in [7, 11) is 0. The van der Waals surface area contributed by atoms with Gasteiger partial charge in [0.1, 0.15) is 18.3 Å². The lowest BCUT2D eigenvalue weighted by atomic mass is 9.88. The molecular formula is C30H37N5O5S. The molecule has 1 aromatic carbocycles. The fourth-order valence-electron chi connectivity index (χ4n) is 5.05. The largest absolute Gasteiger partial charge is 0.458 e. The van der Waals surface area contributed by atoms with Crippen LogP contribution >= 0.6 is 11.3 Å². The number of carbonyl (C=O) groups is 2. The van der Waals surface area contributed by atoms with Crippen LogP contribution in [0, 0.1) is 0 Å². The van der Waals surface area contributed by atoms with Gasteiger partial charge >= 0.3 is 12.1 Å². The van der Waals surface area contributed by atoms with E-state index in [1.807, 2.05) is 81.0 Å². The molecule has 0 radical (unpaired) electrons. The number of carbonyl (C=O) groups excluding carboxylic acids is 2. The van der Waals surface area contributed by atoms with Gasteiger partial charge in [0.2, 0.25) is 0 Å². The van der Waals surface area contributed by atoms with Gasteiger partial charge in [-0.05, 0) is 50.5 Å². The molecule has 2 aliphatic heterocycles. The maximum absolute atomic E-state index is 14.0. The number of aromatic nitrogens is 2. The van der Waals surface area contributed by atoms with Crippen LogP contribution in [0.3, 0.4) is 0 Å². The molecule has 2 aromatic heterocycles. The molecule has 2 saturated heterocycles. The van der Waals surface area contributed by atoms with Crippen LogP contribution in [0.15, 0.2) is 60.2 Å². The molecule has 4 heterocycles. The molecular weight excluding hydrogens is 542 g/mol. The zero-order chi connectivity index (χ0) is 28.9. The van der Waals surface area contributed by atoms with Crippen molar-refractivity contribution in [3.63, 3.8) is 0 Å². The topological polar surface area (TPSA) is 109 Å². The zero-order valence-electron chi connectivity index (χ0n) is 23.7. The van der Waals surface area contributed by atoms with E-state index in [0.29, 0.717) is 30.5 Å². The van der Waals surface area contributed by atoms with Crippen molar-refractivity contribution in [3.05, 3.63) is 77.1 Å². The Balaban J connectivity index is 1.31. The molecule has 0 aliphatic carbocycles. The quantitative estimate of drug-likeness (QED) is 0.281. The van der Waals surface area contributed by atoms with Crippen LogP contribution in [0.2, 0.25) is 0 Å². The lowest BCUT2D eigenvalue weighted by Gasteiger charge is -2.45. The molecule has 1 amide bonds. The molecule has 2 fully saturated rings. The van der Waals surface area contributed by atoms with Gasteiger partial charge in [0, 0.05) is 50.5 Å². The summed E-state index contributed by atoms with van der Waals surface area (Å²) in [6.45, 7) is 9.96. The van der Waals surface area contributed by atoms with Gasteiger partial charge in [-0.15, -0.1) is 11.3 Å². The number of hydrogen-bond acceptors (Lipinski definition) is 10. The van der Waals surface area contributed by atoms with E-state index in [1.165, 1.54) is 16.9 Å². The zero-order valence-corrected chi connectivity index (χ0v) is 24.6. The Morgan fingerprint density at radius 2 is 1.76 bits per heavy atom. The number of esters is 1. The third-order valence-corrected chi connectivity index (χ3v) is 7.92. The molecule has 0 spiro atoms. The lowest BCUT2D eigenvalue weighted by Crippen LogP contribution is -2.63. The number of nitrogens with zero attached hydrogens (tertiary/aromatic N) is 4. The van der Waals surface area contributed by atoms with Crippen molar-refractivity contribution >= 4 is 28.5 Å². The molecule has 218 valence electrons. The third kappa shape index (κ3) is 7.28. The fourth-order valence-corrected chi connectivity index (χ4v) is 5.80. The van der Waals surface area contributed by atoms with E-state index in [-0.39, 0.29) is 18.7 Å². The second-order valence-electron chi connectivity index (χ2n) is 11.2. The number of pyridine rings is 1. The summed E-state index contributed by atoms with van der Waals surface area (Å²) in [4.78, 5) is 39.9. The van der Waals surface area contributed by atoms with Gasteiger partial charge in [0.15, 0.2) is 10.7 Å². The number of hydrogen-bond donors (Lipinski definition) is 1. The average Bonchev–Trinajstić information content (AvgIpc) is 3.70. The first-order valence-electron chi connectivity index (χ1n) is 13.9. The van der Waals surface area contributed by atoms with Crippen LogP contribution in [0.4, 0.5) is 9.93 Å². The number of rotatable bonds is 10. The molecule has 0 saturated carbocycles. The summed E-state index contributed by atoms with van der Waals surface area (Å²) in [5, 5.41) is 4.88. The molecule has 2 atom stereocenters. The van der Waals surface area contributed by atoms with Crippen molar-refractivity contribution in [1.82, 2.24) is 19.8 Å². The highest BCUT2D eigenvalue weighted by Gasteiger charge is 2.61. The molecule has 0 bridgehead atoms. The van der Waals surface area contributed by atoms with E-state index >= 15 is 0 Å². The summed E-state index contributed by atoms with van der Waals surface area (Å²) < 4.78 is 17.2. The first-order chi connectivity index (χ1) is 19.7. The fraction of sp³-hybridized carbons (Fsp3) is 0.467. The smallest absolute Gasteiger partial charge is 0.413 e. The minimum Gasteiger partial charge on any atom is -0.458 e. The van der Waals surface area contributed by atoms with Crippen LogP contribution < -0.4 is 5.32 Å². The molecule has 41 heavy (non-hydrogen) atoms. The molecule has 2 aliphatic rings. The number of anilines is 1. The van der Waals surface area contributed by atoms with Crippen LogP contribution in [0.25, 0.3) is 0 Å². The maximum atomic E-state index is 14.0. The number of epoxide rings is 1. The molecule has 5 rings (SSSR count). The van der Waals surface area contributed by atoms with Gasteiger partial charge in [-0.2, -0.15) is 0 Å². The highest BCUT2D eigenvalue weighted by atomic mass is 32.1. The summed E-state index contributed by atoms with van der Waals surface area (Å²) in [5.74, 6) is -0.388. The van der Waals surface area contributed by atoms with E-state index in [2.05, 4.69) is 20.1 Å². The van der Waals surface area contributed by atoms with Crippen LogP contribution in [0.5, 0.6) is 0 Å². The van der Waals surface area contributed by atoms with E-state index in [4.69, 9.17) is 19.2 Å². The van der Waals surface area contributed by atoms with Gasteiger partial charge in [0.05, 0.1) is 12.3 Å². The van der Waals surface area contributed by atoms with Gasteiger partial charge in [-0.1, -0.05) is 30.3 Å². The Morgan fingerprint density at radius 1 is 1.05 bits per heavy atom. The third-order valence-electron chi connectivity index (χ3n) is 7.16. The normalized spacial score (nSPS) is 19.2. The number of benzene rings is 1. The number of ether oxygens (including phenoxy) is 3. The second-order valence-corrected chi connectivity index (χ2v) is 12.1. The summed E-state index contributed by atoms with van der Waals surface area (Å²) >= 11 is 1.25. The maximum Gasteiger partial charge on any atom is 0.413 e. The summed E-state index contributed by atoms with van der Waals surface area (Å²) in [5.41, 5.74) is 0.748. The molecule has 2 unspecified atom stereocenters. The van der Waals surface area contributed by atoms with Gasteiger partial charge in [-0.3, -0.25) is 15.2 Å². The Morgan fingerprint density at radius 3 is 2.41 bits per heavy atom. The lowest BCUT2D eigenvalue weighted by molar-refractivity contribution is -0.175. The Hall–Kier alpha value is -3.38. The summed E-state index contributed by atoms with van der Waals surface area (Å²) in [6, 6.07) is 13.5. The number of amides is 1. The SMILES string of the molecule is CC(C)(C)OC(=O)C(c1csc(NC(=O)OCc2ccccc2)n1)(C1CO1)N1CCN(CCc2ccncc2)CC1. The standard InChI is InChI=1S/C30H37N5O5S/c1-29(2,3)40-26(36)30(25-20-38-25,35-17-15-34(16-18-35)14-11-22-9-12-31-13-10-22)24-21-41-27(32-24)33-28(37)39-19-23-7-5-4-6-8-23/h4-10,12-13,21,25H,11,14-20H2,1-3H3,(H,32,33,37). The van der Waals surface area contributed by atoms with Gasteiger partial charge in [-0.25, -0.2) is 14.6 Å². The Kier molecular flexibility index (Phi) is 8.98. The average molecular weight is 580 g/mol. The van der Waals surface area contributed by atoms with Crippen LogP contribution in [-0.4, -0.2) is 82.9 Å². The van der Waals surface area contributed by atoms with Gasteiger partial charge < -0.3 is 19.1 Å².